The summed E-state index contributed by atoms with van der Waals surface area (Å²) in [5, 5.41) is 4.70. The largest absolute Gasteiger partial charge is 0.300 e. The Morgan fingerprint density at radius 2 is 1.81 bits per heavy atom. The van der Waals surface area contributed by atoms with Crippen LogP contribution in [-0.2, 0) is 23.2 Å². The number of sulfonamides is 1. The molecular weight excluding hydrogens is 439 g/mol. The van der Waals surface area contributed by atoms with Gasteiger partial charge in [-0.05, 0) is 49.5 Å². The van der Waals surface area contributed by atoms with Crippen LogP contribution in [0.4, 0.5) is 4.39 Å². The van der Waals surface area contributed by atoms with Gasteiger partial charge < -0.3 is 4.57 Å². The zero-order valence-corrected chi connectivity index (χ0v) is 18.7. The lowest BCUT2D eigenvalue weighted by molar-refractivity contribution is 0.144. The molecule has 3 heterocycles. The van der Waals surface area contributed by atoms with Gasteiger partial charge in [-0.15, -0.1) is 0 Å². The Morgan fingerprint density at radius 3 is 2.45 bits per heavy atom. The molecule has 2 aromatic heterocycles. The van der Waals surface area contributed by atoms with Gasteiger partial charge in [0.2, 0.25) is 10.0 Å². The topological polar surface area (TPSA) is 76.3 Å². The van der Waals surface area contributed by atoms with Crippen LogP contribution in [0, 0.1) is 10.6 Å². The highest BCUT2D eigenvalue weighted by Crippen LogP contribution is 2.20. The third-order valence-corrected chi connectivity index (χ3v) is 7.60. The minimum atomic E-state index is -3.72. The van der Waals surface area contributed by atoms with E-state index in [-0.39, 0.29) is 4.90 Å². The van der Waals surface area contributed by atoms with Gasteiger partial charge in [0.15, 0.2) is 10.6 Å². The van der Waals surface area contributed by atoms with Gasteiger partial charge in [0.1, 0.15) is 5.82 Å². The Morgan fingerprint density at radius 1 is 1.10 bits per heavy atom. The molecule has 0 atom stereocenters. The van der Waals surface area contributed by atoms with Gasteiger partial charge >= 0.3 is 0 Å². The van der Waals surface area contributed by atoms with E-state index in [9.17, 15) is 12.8 Å². The van der Waals surface area contributed by atoms with E-state index in [2.05, 4.69) is 9.88 Å². The molecule has 0 unspecified atom stereocenters. The van der Waals surface area contributed by atoms with Gasteiger partial charge in [0.05, 0.1) is 11.6 Å². The van der Waals surface area contributed by atoms with Crippen molar-refractivity contribution in [1.29, 1.82) is 0 Å². The highest BCUT2D eigenvalue weighted by Gasteiger charge is 2.29. The average Bonchev–Trinajstić information content (AvgIpc) is 3.10. The SMILES string of the molecule is CCn1c(-c2ccncc2)nn(CN2CCN(S(=O)(=O)c3cccc(F)c3)CC2)c1=S. The predicted molar refractivity (Wildman–Crippen MR) is 117 cm³/mol. The number of nitrogens with zero attached hydrogens (tertiary/aromatic N) is 6. The van der Waals surface area contributed by atoms with E-state index in [1.165, 1.54) is 22.5 Å². The van der Waals surface area contributed by atoms with E-state index in [0.29, 0.717) is 44.2 Å². The summed E-state index contributed by atoms with van der Waals surface area (Å²) in [4.78, 5) is 6.14. The number of pyridine rings is 1. The summed E-state index contributed by atoms with van der Waals surface area (Å²) in [6.45, 7) is 4.87. The van der Waals surface area contributed by atoms with Crippen molar-refractivity contribution in [3.8, 4) is 11.4 Å². The summed E-state index contributed by atoms with van der Waals surface area (Å²) < 4.78 is 44.8. The molecule has 4 rings (SSSR count). The fraction of sp³-hybridized carbons (Fsp3) is 0.350. The van der Waals surface area contributed by atoms with Gasteiger partial charge in [-0.1, -0.05) is 6.07 Å². The van der Waals surface area contributed by atoms with Crippen molar-refractivity contribution in [1.82, 2.24) is 28.5 Å². The highest BCUT2D eigenvalue weighted by molar-refractivity contribution is 7.89. The molecule has 1 aliphatic rings. The van der Waals surface area contributed by atoms with E-state index in [0.717, 1.165) is 17.5 Å². The molecule has 0 saturated carbocycles. The quantitative estimate of drug-likeness (QED) is 0.524. The number of halogens is 1. The summed E-state index contributed by atoms with van der Waals surface area (Å²) in [6.07, 6.45) is 3.44. The Balaban J connectivity index is 1.47. The van der Waals surface area contributed by atoms with E-state index in [1.807, 2.05) is 23.6 Å². The number of rotatable bonds is 6. The lowest BCUT2D eigenvalue weighted by Crippen LogP contribution is -2.48. The first-order valence-electron chi connectivity index (χ1n) is 9.96. The Hall–Kier alpha value is -2.47. The van der Waals surface area contributed by atoms with Crippen LogP contribution in [0.1, 0.15) is 6.92 Å². The van der Waals surface area contributed by atoms with Crippen LogP contribution in [0.2, 0.25) is 0 Å². The normalized spacial score (nSPS) is 15.9. The van der Waals surface area contributed by atoms with Crippen LogP contribution < -0.4 is 0 Å². The van der Waals surface area contributed by atoms with Crippen molar-refractivity contribution in [2.45, 2.75) is 25.0 Å². The maximum atomic E-state index is 13.5. The van der Waals surface area contributed by atoms with Gasteiger partial charge in [-0.3, -0.25) is 9.88 Å². The first kappa shape index (κ1) is 21.8. The van der Waals surface area contributed by atoms with Crippen molar-refractivity contribution < 1.29 is 12.8 Å². The summed E-state index contributed by atoms with van der Waals surface area (Å²) in [5.74, 6) is 0.216. The predicted octanol–water partition coefficient (Wildman–Crippen LogP) is 2.60. The Labute approximate surface area is 185 Å². The third-order valence-electron chi connectivity index (χ3n) is 5.28. The maximum absolute atomic E-state index is 13.5. The zero-order chi connectivity index (χ0) is 22.0. The molecule has 0 radical (unpaired) electrons. The second-order valence-electron chi connectivity index (χ2n) is 7.21. The van der Waals surface area contributed by atoms with Gasteiger partial charge in [-0.2, -0.15) is 9.40 Å². The standard InChI is InChI=1S/C20H23FN6O2S2/c1-2-26-19(16-6-8-22-9-7-16)23-27(20(26)30)15-24-10-12-25(13-11-24)31(28,29)18-5-3-4-17(21)14-18/h3-9,14H,2,10-13,15H2,1H3. The Kier molecular flexibility index (Phi) is 6.28. The van der Waals surface area contributed by atoms with Crippen molar-refractivity contribution in [3.05, 3.63) is 59.4 Å². The van der Waals surface area contributed by atoms with E-state index in [1.54, 1.807) is 17.1 Å². The van der Waals surface area contributed by atoms with Gasteiger partial charge in [-0.25, -0.2) is 17.5 Å². The molecule has 1 fully saturated rings. The minimum Gasteiger partial charge on any atom is -0.300 e. The fourth-order valence-electron chi connectivity index (χ4n) is 3.61. The smallest absolute Gasteiger partial charge is 0.243 e. The summed E-state index contributed by atoms with van der Waals surface area (Å²) >= 11 is 5.62. The van der Waals surface area contributed by atoms with E-state index >= 15 is 0 Å². The maximum Gasteiger partial charge on any atom is 0.243 e. The van der Waals surface area contributed by atoms with Crippen LogP contribution in [-0.4, -0.2) is 63.1 Å². The molecular formula is C20H23FN6O2S2. The first-order valence-corrected chi connectivity index (χ1v) is 11.8. The monoisotopic (exact) mass is 462 g/mol. The minimum absolute atomic E-state index is 0.0214. The Bertz CT molecular complexity index is 1220. The lowest BCUT2D eigenvalue weighted by atomic mass is 10.2. The molecule has 0 spiro atoms. The van der Waals surface area contributed by atoms with Crippen molar-refractivity contribution in [2.24, 2.45) is 0 Å². The van der Waals surface area contributed by atoms with Crippen molar-refractivity contribution in [3.63, 3.8) is 0 Å². The van der Waals surface area contributed by atoms with E-state index < -0.39 is 15.8 Å². The fourth-order valence-corrected chi connectivity index (χ4v) is 5.38. The molecule has 0 amide bonds. The van der Waals surface area contributed by atoms with Crippen LogP contribution in [0.3, 0.4) is 0 Å². The summed E-state index contributed by atoms with van der Waals surface area (Å²) in [6, 6.07) is 8.90. The molecule has 1 saturated heterocycles. The molecule has 1 aliphatic heterocycles. The van der Waals surface area contributed by atoms with E-state index in [4.69, 9.17) is 17.3 Å². The lowest BCUT2D eigenvalue weighted by Gasteiger charge is -2.33. The molecule has 1 aromatic carbocycles. The molecule has 0 N–H and O–H groups in total. The molecule has 0 aliphatic carbocycles. The number of benzene rings is 1. The second-order valence-corrected chi connectivity index (χ2v) is 9.51. The third kappa shape index (κ3) is 4.45. The number of hydrogen-bond donors (Lipinski definition) is 0. The number of hydrogen-bond acceptors (Lipinski definition) is 6. The molecule has 0 bridgehead atoms. The van der Waals surface area contributed by atoms with Crippen LogP contribution in [0.5, 0.6) is 0 Å². The molecule has 164 valence electrons. The first-order chi connectivity index (χ1) is 14.9. The van der Waals surface area contributed by atoms with Crippen LogP contribution >= 0.6 is 12.2 Å². The van der Waals surface area contributed by atoms with Crippen LogP contribution in [0.15, 0.2) is 53.7 Å². The number of aromatic nitrogens is 4. The molecule has 3 aromatic rings. The molecule has 11 heteroatoms. The summed E-state index contributed by atoms with van der Waals surface area (Å²) in [5.41, 5.74) is 0.938. The second kappa shape index (κ2) is 8.95. The van der Waals surface area contributed by atoms with Gasteiger partial charge in [0.25, 0.3) is 0 Å². The zero-order valence-electron chi connectivity index (χ0n) is 17.1. The van der Waals surface area contributed by atoms with Crippen LogP contribution in [0.25, 0.3) is 11.4 Å². The number of piperazine rings is 1. The average molecular weight is 463 g/mol. The van der Waals surface area contributed by atoms with Crippen molar-refractivity contribution in [2.75, 3.05) is 26.2 Å². The molecule has 8 nitrogen and oxygen atoms in total. The summed E-state index contributed by atoms with van der Waals surface area (Å²) in [7, 11) is -3.72. The molecule has 31 heavy (non-hydrogen) atoms. The highest BCUT2D eigenvalue weighted by atomic mass is 32.2. The van der Waals surface area contributed by atoms with Gasteiger partial charge in [0, 0.05) is 50.7 Å². The van der Waals surface area contributed by atoms with Crippen molar-refractivity contribution >= 4 is 22.2 Å².